The highest BCUT2D eigenvalue weighted by Gasteiger charge is 2.19. The molecule has 0 amide bonds. The van der Waals surface area contributed by atoms with E-state index in [1.165, 1.54) is 0 Å². The van der Waals surface area contributed by atoms with Gasteiger partial charge in [-0.25, -0.2) is 0 Å². The van der Waals surface area contributed by atoms with Crippen LogP contribution in [0.15, 0.2) is 36.5 Å². The lowest BCUT2D eigenvalue weighted by molar-refractivity contribution is 0.0940. The summed E-state index contributed by atoms with van der Waals surface area (Å²) in [7, 11) is 0. The van der Waals surface area contributed by atoms with Crippen LogP contribution in [0.5, 0.6) is 0 Å². The zero-order chi connectivity index (χ0) is 12.4. The van der Waals surface area contributed by atoms with Crippen LogP contribution in [-0.2, 0) is 0 Å². The van der Waals surface area contributed by atoms with Crippen molar-refractivity contribution in [3.8, 4) is 0 Å². The van der Waals surface area contributed by atoms with E-state index >= 15 is 0 Å². The Hall–Kier alpha value is -1.74. The van der Waals surface area contributed by atoms with Crippen molar-refractivity contribution in [3.05, 3.63) is 42.1 Å². The zero-order valence-electron chi connectivity index (χ0n) is 10.1. The van der Waals surface area contributed by atoms with Gasteiger partial charge in [0.25, 0.3) is 0 Å². The Bertz CT molecular complexity index is 549. The number of fused-ring (bicyclic) bond motifs is 1. The fourth-order valence-electron chi connectivity index (χ4n) is 1.71. The van der Waals surface area contributed by atoms with Gasteiger partial charge in [-0.05, 0) is 18.1 Å². The minimum Gasteiger partial charge on any atom is -0.321 e. The van der Waals surface area contributed by atoms with Crippen LogP contribution >= 0.6 is 0 Å². The number of carbonyl (C=O) groups excluding carboxylic acids is 1. The van der Waals surface area contributed by atoms with Crippen LogP contribution in [0, 0.1) is 5.92 Å². The molecule has 0 aliphatic rings. The van der Waals surface area contributed by atoms with Crippen LogP contribution in [0.25, 0.3) is 10.9 Å². The number of nitrogens with zero attached hydrogens (tertiary/aromatic N) is 1. The molecule has 88 valence electrons. The van der Waals surface area contributed by atoms with Gasteiger partial charge < -0.3 is 5.73 Å². The number of carbonyl (C=O) groups is 1. The molecule has 0 saturated carbocycles. The Kier molecular flexibility index (Phi) is 3.20. The molecule has 3 nitrogen and oxygen atoms in total. The standard InChI is InChI=1S/C14H16N2O/c1-9(2)13(15)14(17)11-6-5-10-4-3-7-16-12(10)8-11/h3-9,13H,15H2,1-2H3. The molecule has 2 rings (SSSR count). The minimum atomic E-state index is -0.448. The van der Waals surface area contributed by atoms with Crippen LogP contribution in [0.4, 0.5) is 0 Å². The van der Waals surface area contributed by atoms with Gasteiger partial charge in [0.1, 0.15) is 0 Å². The first-order valence-corrected chi connectivity index (χ1v) is 5.74. The molecule has 1 aromatic heterocycles. The van der Waals surface area contributed by atoms with E-state index in [0.29, 0.717) is 5.56 Å². The van der Waals surface area contributed by atoms with Crippen molar-refractivity contribution >= 4 is 16.7 Å². The maximum atomic E-state index is 12.1. The largest absolute Gasteiger partial charge is 0.321 e. The molecule has 2 aromatic rings. The summed E-state index contributed by atoms with van der Waals surface area (Å²) in [5.41, 5.74) is 7.33. The van der Waals surface area contributed by atoms with Crippen molar-refractivity contribution in [2.24, 2.45) is 11.7 Å². The minimum absolute atomic E-state index is 0.0208. The molecular weight excluding hydrogens is 212 g/mol. The molecule has 0 aliphatic carbocycles. The van der Waals surface area contributed by atoms with E-state index in [1.54, 1.807) is 12.3 Å². The average molecular weight is 228 g/mol. The Morgan fingerprint density at radius 3 is 2.76 bits per heavy atom. The Morgan fingerprint density at radius 1 is 1.29 bits per heavy atom. The summed E-state index contributed by atoms with van der Waals surface area (Å²) >= 11 is 0. The molecule has 0 aliphatic heterocycles. The molecule has 1 atom stereocenters. The predicted molar refractivity (Wildman–Crippen MR) is 68.9 cm³/mol. The van der Waals surface area contributed by atoms with Gasteiger partial charge in [0.15, 0.2) is 5.78 Å². The summed E-state index contributed by atoms with van der Waals surface area (Å²) in [6, 6.07) is 8.93. The first-order valence-electron chi connectivity index (χ1n) is 5.74. The van der Waals surface area contributed by atoms with Gasteiger partial charge in [-0.2, -0.15) is 0 Å². The third kappa shape index (κ3) is 2.34. The molecule has 3 heteroatoms. The van der Waals surface area contributed by atoms with Crippen LogP contribution in [0.2, 0.25) is 0 Å². The number of rotatable bonds is 3. The summed E-state index contributed by atoms with van der Waals surface area (Å²) in [6.45, 7) is 3.89. The van der Waals surface area contributed by atoms with Gasteiger partial charge in [-0.15, -0.1) is 0 Å². The molecule has 0 spiro atoms. The molecule has 2 N–H and O–H groups in total. The quantitative estimate of drug-likeness (QED) is 0.821. The molecule has 1 aromatic carbocycles. The van der Waals surface area contributed by atoms with Crippen molar-refractivity contribution in [3.63, 3.8) is 0 Å². The lowest BCUT2D eigenvalue weighted by Gasteiger charge is -2.14. The van der Waals surface area contributed by atoms with Gasteiger partial charge in [0, 0.05) is 17.1 Å². The lowest BCUT2D eigenvalue weighted by atomic mass is 9.95. The Morgan fingerprint density at radius 2 is 2.06 bits per heavy atom. The SMILES string of the molecule is CC(C)C(N)C(=O)c1ccc2cccnc2c1. The van der Waals surface area contributed by atoms with Crippen LogP contribution in [-0.4, -0.2) is 16.8 Å². The summed E-state index contributed by atoms with van der Waals surface area (Å²) < 4.78 is 0. The maximum absolute atomic E-state index is 12.1. The second kappa shape index (κ2) is 4.63. The van der Waals surface area contributed by atoms with Crippen molar-refractivity contribution < 1.29 is 4.79 Å². The molecule has 0 bridgehead atoms. The first kappa shape index (κ1) is 11.7. The number of benzene rings is 1. The second-order valence-corrected chi connectivity index (χ2v) is 4.54. The molecule has 0 saturated heterocycles. The van der Waals surface area contributed by atoms with Crippen molar-refractivity contribution in [2.45, 2.75) is 19.9 Å². The highest BCUT2D eigenvalue weighted by atomic mass is 16.1. The summed E-state index contributed by atoms with van der Waals surface area (Å²) in [5.74, 6) is 0.120. The fourth-order valence-corrected chi connectivity index (χ4v) is 1.71. The number of nitrogens with two attached hydrogens (primary N) is 1. The van der Waals surface area contributed by atoms with E-state index in [4.69, 9.17) is 5.73 Å². The van der Waals surface area contributed by atoms with E-state index in [0.717, 1.165) is 10.9 Å². The van der Waals surface area contributed by atoms with Gasteiger partial charge in [0.05, 0.1) is 11.6 Å². The number of hydrogen-bond donors (Lipinski definition) is 1. The molecule has 1 unspecified atom stereocenters. The fraction of sp³-hybridized carbons (Fsp3) is 0.286. The van der Waals surface area contributed by atoms with E-state index < -0.39 is 6.04 Å². The Balaban J connectivity index is 2.40. The average Bonchev–Trinajstić information content (AvgIpc) is 2.36. The van der Waals surface area contributed by atoms with E-state index in [-0.39, 0.29) is 11.7 Å². The van der Waals surface area contributed by atoms with Crippen LogP contribution in [0.3, 0.4) is 0 Å². The third-order valence-corrected chi connectivity index (χ3v) is 2.91. The van der Waals surface area contributed by atoms with Crippen molar-refractivity contribution in [2.75, 3.05) is 0 Å². The smallest absolute Gasteiger partial charge is 0.179 e. The normalized spacial score (nSPS) is 12.9. The van der Waals surface area contributed by atoms with E-state index in [1.807, 2.05) is 38.1 Å². The first-order chi connectivity index (χ1) is 8.09. The maximum Gasteiger partial charge on any atom is 0.179 e. The van der Waals surface area contributed by atoms with E-state index in [9.17, 15) is 4.79 Å². The number of pyridine rings is 1. The lowest BCUT2D eigenvalue weighted by Crippen LogP contribution is -2.35. The highest BCUT2D eigenvalue weighted by molar-refractivity contribution is 6.02. The van der Waals surface area contributed by atoms with E-state index in [2.05, 4.69) is 4.98 Å². The van der Waals surface area contributed by atoms with Crippen molar-refractivity contribution in [1.82, 2.24) is 4.98 Å². The summed E-state index contributed by atoms with van der Waals surface area (Å²) in [5, 5.41) is 1.03. The van der Waals surface area contributed by atoms with Crippen molar-refractivity contribution in [1.29, 1.82) is 0 Å². The van der Waals surface area contributed by atoms with Gasteiger partial charge in [-0.3, -0.25) is 9.78 Å². The van der Waals surface area contributed by atoms with Gasteiger partial charge in [0.2, 0.25) is 0 Å². The third-order valence-electron chi connectivity index (χ3n) is 2.91. The predicted octanol–water partition coefficient (Wildman–Crippen LogP) is 2.40. The van der Waals surface area contributed by atoms with Gasteiger partial charge in [-0.1, -0.05) is 32.0 Å². The topological polar surface area (TPSA) is 56.0 Å². The highest BCUT2D eigenvalue weighted by Crippen LogP contribution is 2.15. The monoisotopic (exact) mass is 228 g/mol. The number of Topliss-reactive ketones (excluding diaryl/α,β-unsaturated/α-hetero) is 1. The van der Waals surface area contributed by atoms with Crippen LogP contribution in [0.1, 0.15) is 24.2 Å². The number of ketones is 1. The van der Waals surface area contributed by atoms with Gasteiger partial charge >= 0.3 is 0 Å². The molecule has 1 heterocycles. The molecular formula is C14H16N2O. The number of aromatic nitrogens is 1. The number of hydrogen-bond acceptors (Lipinski definition) is 3. The molecule has 0 radical (unpaired) electrons. The molecule has 0 fully saturated rings. The summed E-state index contributed by atoms with van der Waals surface area (Å²) in [6.07, 6.45) is 1.72. The second-order valence-electron chi connectivity index (χ2n) is 4.54. The van der Waals surface area contributed by atoms with Crippen LogP contribution < -0.4 is 5.73 Å². The Labute approximate surface area is 101 Å². The summed E-state index contributed by atoms with van der Waals surface area (Å²) in [4.78, 5) is 16.3. The zero-order valence-corrected chi connectivity index (χ0v) is 10.1. The molecule has 17 heavy (non-hydrogen) atoms.